The van der Waals surface area contributed by atoms with Gasteiger partial charge in [-0.1, -0.05) is 13.8 Å². The van der Waals surface area contributed by atoms with Crippen LogP contribution in [-0.2, 0) is 0 Å². The summed E-state index contributed by atoms with van der Waals surface area (Å²) in [6.07, 6.45) is 1.65. The molecule has 6 heteroatoms. The van der Waals surface area contributed by atoms with E-state index in [2.05, 4.69) is 34.6 Å². The molecule has 17 heavy (non-hydrogen) atoms. The number of rotatable bonds is 4. The molecule has 0 unspecified atom stereocenters. The largest absolute Gasteiger partial charge is 0.481 e. The zero-order valence-electron chi connectivity index (χ0n) is 10.4. The van der Waals surface area contributed by atoms with Crippen molar-refractivity contribution < 1.29 is 4.74 Å². The van der Waals surface area contributed by atoms with E-state index in [4.69, 9.17) is 10.6 Å². The molecule has 0 spiro atoms. The van der Waals surface area contributed by atoms with Gasteiger partial charge in [-0.3, -0.25) is 10.4 Å². The summed E-state index contributed by atoms with van der Waals surface area (Å²) in [5.74, 6) is 6.94. The van der Waals surface area contributed by atoms with Gasteiger partial charge in [0.1, 0.15) is 0 Å². The van der Waals surface area contributed by atoms with E-state index in [1.165, 1.54) is 0 Å². The number of aliphatic imine (C=N–C) groups is 1. The highest BCUT2D eigenvalue weighted by Gasteiger charge is 2.00. The Morgan fingerprint density at radius 3 is 2.76 bits per heavy atom. The van der Waals surface area contributed by atoms with Gasteiger partial charge in [0, 0.05) is 12.6 Å². The molecule has 1 rings (SSSR count). The minimum absolute atomic E-state index is 0.481. The lowest BCUT2D eigenvalue weighted by Gasteiger charge is -2.10. The smallest absolute Gasteiger partial charge is 0.213 e. The van der Waals surface area contributed by atoms with Crippen LogP contribution in [-0.4, -0.2) is 24.6 Å². The van der Waals surface area contributed by atoms with Crippen LogP contribution in [0.2, 0.25) is 0 Å². The number of guanidine groups is 1. The lowest BCUT2D eigenvalue weighted by Crippen LogP contribution is -2.36. The maximum absolute atomic E-state index is 5.37. The molecule has 0 fully saturated rings. The third kappa shape index (κ3) is 4.69. The van der Waals surface area contributed by atoms with Crippen LogP contribution in [0.3, 0.4) is 0 Å². The molecule has 6 nitrogen and oxygen atoms in total. The monoisotopic (exact) mass is 237 g/mol. The first-order valence-corrected chi connectivity index (χ1v) is 5.43. The lowest BCUT2D eigenvalue weighted by molar-refractivity contribution is 0.398. The van der Waals surface area contributed by atoms with Crippen molar-refractivity contribution in [3.63, 3.8) is 0 Å². The van der Waals surface area contributed by atoms with Crippen molar-refractivity contribution in [2.45, 2.75) is 13.8 Å². The number of hydrazine groups is 1. The highest BCUT2D eigenvalue weighted by Crippen LogP contribution is 2.10. The van der Waals surface area contributed by atoms with Crippen molar-refractivity contribution in [2.75, 3.05) is 19.0 Å². The van der Waals surface area contributed by atoms with Crippen LogP contribution >= 0.6 is 0 Å². The van der Waals surface area contributed by atoms with Crippen LogP contribution in [0.4, 0.5) is 5.69 Å². The number of nitrogens with zero attached hydrogens (tertiary/aromatic N) is 2. The summed E-state index contributed by atoms with van der Waals surface area (Å²) in [5, 5.41) is 3.03. The average molecular weight is 237 g/mol. The Balaban J connectivity index is 2.63. The van der Waals surface area contributed by atoms with Crippen LogP contribution in [0, 0.1) is 5.92 Å². The lowest BCUT2D eigenvalue weighted by atomic mass is 10.2. The first kappa shape index (κ1) is 13.2. The fraction of sp³-hybridized carbons (Fsp3) is 0.455. The predicted octanol–water partition coefficient (Wildman–Crippen LogP) is 0.977. The molecule has 94 valence electrons. The van der Waals surface area contributed by atoms with Crippen LogP contribution < -0.4 is 21.3 Å². The molecule has 4 N–H and O–H groups in total. The van der Waals surface area contributed by atoms with Crippen LogP contribution in [0.5, 0.6) is 5.88 Å². The van der Waals surface area contributed by atoms with Gasteiger partial charge in [0.2, 0.25) is 11.8 Å². The molecule has 0 atom stereocenters. The maximum atomic E-state index is 5.37. The summed E-state index contributed by atoms with van der Waals surface area (Å²) in [7, 11) is 1.58. The molecular weight excluding hydrogens is 218 g/mol. The summed E-state index contributed by atoms with van der Waals surface area (Å²) in [4.78, 5) is 8.36. The molecular formula is C11H19N5O. The Labute approximate surface area is 101 Å². The number of hydrogen-bond donors (Lipinski definition) is 3. The average Bonchev–Trinajstić information content (AvgIpc) is 2.35. The highest BCUT2D eigenvalue weighted by atomic mass is 16.5. The Morgan fingerprint density at radius 1 is 1.53 bits per heavy atom. The third-order valence-electron chi connectivity index (χ3n) is 1.96. The molecule has 1 heterocycles. The Hall–Kier alpha value is -1.82. The second kappa shape index (κ2) is 6.70. The van der Waals surface area contributed by atoms with Gasteiger partial charge < -0.3 is 10.1 Å². The van der Waals surface area contributed by atoms with Crippen molar-refractivity contribution in [1.29, 1.82) is 0 Å². The Bertz CT molecular complexity index is 361. The fourth-order valence-corrected chi connectivity index (χ4v) is 1.11. The molecule has 0 amide bonds. The SMILES string of the molecule is COc1ccc(NC(=NCC(C)C)NN)cn1. The van der Waals surface area contributed by atoms with Crippen LogP contribution in [0.25, 0.3) is 0 Å². The highest BCUT2D eigenvalue weighted by molar-refractivity contribution is 5.93. The van der Waals surface area contributed by atoms with Gasteiger partial charge in [0.25, 0.3) is 0 Å². The van der Waals surface area contributed by atoms with E-state index in [0.29, 0.717) is 24.3 Å². The quantitative estimate of drug-likeness (QED) is 0.314. The van der Waals surface area contributed by atoms with E-state index in [-0.39, 0.29) is 0 Å². The van der Waals surface area contributed by atoms with Gasteiger partial charge in [-0.2, -0.15) is 0 Å². The minimum Gasteiger partial charge on any atom is -0.481 e. The summed E-state index contributed by atoms with van der Waals surface area (Å²) in [6.45, 7) is 4.88. The Kier molecular flexibility index (Phi) is 5.22. The van der Waals surface area contributed by atoms with Crippen molar-refractivity contribution >= 4 is 11.6 Å². The molecule has 0 saturated carbocycles. The van der Waals surface area contributed by atoms with Gasteiger partial charge in [-0.15, -0.1) is 0 Å². The second-order valence-electron chi connectivity index (χ2n) is 3.94. The predicted molar refractivity (Wildman–Crippen MR) is 68.9 cm³/mol. The fourth-order valence-electron chi connectivity index (χ4n) is 1.11. The van der Waals surface area contributed by atoms with Crippen molar-refractivity contribution in [3.05, 3.63) is 18.3 Å². The number of hydrogen-bond acceptors (Lipinski definition) is 4. The van der Waals surface area contributed by atoms with Gasteiger partial charge in [-0.25, -0.2) is 10.8 Å². The summed E-state index contributed by atoms with van der Waals surface area (Å²) in [6, 6.07) is 3.60. The maximum Gasteiger partial charge on any atom is 0.213 e. The zero-order chi connectivity index (χ0) is 12.7. The van der Waals surface area contributed by atoms with Gasteiger partial charge in [0.05, 0.1) is 19.0 Å². The summed E-state index contributed by atoms with van der Waals surface area (Å²) in [5.41, 5.74) is 3.31. The van der Waals surface area contributed by atoms with Gasteiger partial charge in [0.15, 0.2) is 0 Å². The van der Waals surface area contributed by atoms with E-state index >= 15 is 0 Å². The Morgan fingerprint density at radius 2 is 2.29 bits per heavy atom. The first-order valence-electron chi connectivity index (χ1n) is 5.43. The molecule has 0 aliphatic carbocycles. The van der Waals surface area contributed by atoms with E-state index in [1.807, 2.05) is 6.07 Å². The molecule has 0 aliphatic heterocycles. The number of methoxy groups -OCH3 is 1. The second-order valence-corrected chi connectivity index (χ2v) is 3.94. The van der Waals surface area contributed by atoms with Gasteiger partial charge >= 0.3 is 0 Å². The van der Waals surface area contributed by atoms with Gasteiger partial charge in [-0.05, 0) is 12.0 Å². The van der Waals surface area contributed by atoms with Crippen molar-refractivity contribution in [3.8, 4) is 5.88 Å². The summed E-state index contributed by atoms with van der Waals surface area (Å²) >= 11 is 0. The van der Waals surface area contributed by atoms with E-state index < -0.39 is 0 Å². The number of ether oxygens (including phenoxy) is 1. The van der Waals surface area contributed by atoms with Crippen LogP contribution in [0.1, 0.15) is 13.8 Å². The van der Waals surface area contributed by atoms with E-state index in [9.17, 15) is 0 Å². The number of nitrogens with one attached hydrogen (secondary N) is 2. The molecule has 0 radical (unpaired) electrons. The van der Waals surface area contributed by atoms with E-state index in [1.54, 1.807) is 19.4 Å². The number of anilines is 1. The molecule has 0 bridgehead atoms. The zero-order valence-corrected chi connectivity index (χ0v) is 10.4. The number of pyridine rings is 1. The normalized spacial score (nSPS) is 11.5. The molecule has 0 saturated heterocycles. The summed E-state index contributed by atoms with van der Waals surface area (Å²) < 4.78 is 4.97. The topological polar surface area (TPSA) is 84.6 Å². The van der Waals surface area contributed by atoms with Crippen LogP contribution in [0.15, 0.2) is 23.3 Å². The molecule has 1 aromatic rings. The molecule has 0 aliphatic rings. The van der Waals surface area contributed by atoms with Crippen molar-refractivity contribution in [1.82, 2.24) is 10.4 Å². The first-order chi connectivity index (χ1) is 8.15. The third-order valence-corrected chi connectivity index (χ3v) is 1.96. The molecule has 0 aromatic carbocycles. The standard InChI is InChI=1S/C11H19N5O/c1-8(2)6-14-11(16-12)15-9-4-5-10(17-3)13-7-9/h4-5,7-8H,6,12H2,1-3H3,(H2,14,15,16). The van der Waals surface area contributed by atoms with Crippen molar-refractivity contribution in [2.24, 2.45) is 16.8 Å². The minimum atomic E-state index is 0.481. The van der Waals surface area contributed by atoms with E-state index in [0.717, 1.165) is 5.69 Å². The number of nitrogens with two attached hydrogens (primary N) is 1. The molecule has 1 aromatic heterocycles. The number of aromatic nitrogens is 1.